The molecule has 0 unspecified atom stereocenters. The number of aromatic nitrogens is 2. The summed E-state index contributed by atoms with van der Waals surface area (Å²) in [6.07, 6.45) is 1.96. The third kappa shape index (κ3) is 4.01. The summed E-state index contributed by atoms with van der Waals surface area (Å²) in [5.41, 5.74) is 2.78. The molecule has 6 nitrogen and oxygen atoms in total. The highest BCUT2D eigenvalue weighted by molar-refractivity contribution is 5.81. The van der Waals surface area contributed by atoms with E-state index in [4.69, 9.17) is 5.11 Å². The van der Waals surface area contributed by atoms with E-state index < -0.39 is 5.97 Å². The molecule has 2 heterocycles. The number of fused-ring (bicyclic) bond motifs is 1. The SMILES string of the molecule is O=C(O)CCc1cnc2c(c1)c(=O)cc(Nc1ccccc1)n2-c1ccccc1. The van der Waals surface area contributed by atoms with Gasteiger partial charge < -0.3 is 10.4 Å². The van der Waals surface area contributed by atoms with Crippen LogP contribution in [-0.4, -0.2) is 20.6 Å². The number of para-hydroxylation sites is 2. The van der Waals surface area contributed by atoms with Crippen molar-refractivity contribution in [2.45, 2.75) is 12.8 Å². The van der Waals surface area contributed by atoms with E-state index in [0.29, 0.717) is 23.3 Å². The van der Waals surface area contributed by atoms with Crippen LogP contribution in [-0.2, 0) is 11.2 Å². The van der Waals surface area contributed by atoms with E-state index in [1.54, 1.807) is 18.3 Å². The molecule has 0 bridgehead atoms. The van der Waals surface area contributed by atoms with Crippen LogP contribution < -0.4 is 10.7 Å². The van der Waals surface area contributed by atoms with Gasteiger partial charge in [-0.1, -0.05) is 36.4 Å². The van der Waals surface area contributed by atoms with Gasteiger partial charge in [0, 0.05) is 30.1 Å². The Morgan fingerprint density at radius 3 is 2.38 bits per heavy atom. The standard InChI is InChI=1S/C23H19N3O3/c27-20-14-21(25-17-7-3-1-4-8-17)26(18-9-5-2-6-10-18)23-19(20)13-16(15-24-23)11-12-22(28)29/h1-10,13-15,25H,11-12H2,(H,28,29). The number of carbonyl (C=O) groups is 1. The van der Waals surface area contributed by atoms with Gasteiger partial charge in [-0.2, -0.15) is 0 Å². The van der Waals surface area contributed by atoms with Gasteiger partial charge in [0.2, 0.25) is 0 Å². The van der Waals surface area contributed by atoms with Crippen LogP contribution in [0.3, 0.4) is 0 Å². The highest BCUT2D eigenvalue weighted by atomic mass is 16.4. The first-order valence-electron chi connectivity index (χ1n) is 9.26. The monoisotopic (exact) mass is 385 g/mol. The van der Waals surface area contributed by atoms with Gasteiger partial charge in [0.25, 0.3) is 0 Å². The summed E-state index contributed by atoms with van der Waals surface area (Å²) in [5, 5.41) is 12.7. The third-order valence-electron chi connectivity index (χ3n) is 4.60. The second-order valence-electron chi connectivity index (χ2n) is 6.66. The molecule has 0 amide bonds. The summed E-state index contributed by atoms with van der Waals surface area (Å²) in [5.74, 6) is -0.278. The number of carboxylic acids is 1. The Morgan fingerprint density at radius 1 is 1.00 bits per heavy atom. The minimum absolute atomic E-state index is 0.00624. The lowest BCUT2D eigenvalue weighted by Gasteiger charge is -2.18. The Bertz CT molecular complexity index is 1220. The molecule has 6 heteroatoms. The van der Waals surface area contributed by atoms with Gasteiger partial charge in [-0.05, 0) is 42.3 Å². The molecule has 0 atom stereocenters. The molecule has 29 heavy (non-hydrogen) atoms. The zero-order valence-electron chi connectivity index (χ0n) is 15.6. The second kappa shape index (κ2) is 7.98. The fourth-order valence-corrected chi connectivity index (χ4v) is 3.23. The van der Waals surface area contributed by atoms with Crippen LogP contribution in [0.4, 0.5) is 11.5 Å². The topological polar surface area (TPSA) is 84.2 Å². The number of hydrogen-bond acceptors (Lipinski definition) is 4. The smallest absolute Gasteiger partial charge is 0.303 e. The second-order valence-corrected chi connectivity index (χ2v) is 6.66. The van der Waals surface area contributed by atoms with Gasteiger partial charge in [-0.3, -0.25) is 14.2 Å². The van der Waals surface area contributed by atoms with Crippen LogP contribution in [0.1, 0.15) is 12.0 Å². The van der Waals surface area contributed by atoms with Gasteiger partial charge in [0.05, 0.1) is 5.39 Å². The third-order valence-corrected chi connectivity index (χ3v) is 4.60. The Morgan fingerprint density at radius 2 is 1.69 bits per heavy atom. The lowest BCUT2D eigenvalue weighted by atomic mass is 10.1. The molecule has 2 N–H and O–H groups in total. The molecule has 144 valence electrons. The summed E-state index contributed by atoms with van der Waals surface area (Å²) < 4.78 is 1.89. The summed E-state index contributed by atoms with van der Waals surface area (Å²) >= 11 is 0. The number of hydrogen-bond donors (Lipinski definition) is 2. The number of aliphatic carboxylic acids is 1. The number of nitrogens with zero attached hydrogens (tertiary/aromatic N) is 2. The number of carboxylic acid groups (broad SMARTS) is 1. The van der Waals surface area contributed by atoms with Gasteiger partial charge in [0.1, 0.15) is 11.5 Å². The van der Waals surface area contributed by atoms with Crippen LogP contribution in [0.2, 0.25) is 0 Å². The molecule has 0 spiro atoms. The molecular formula is C23H19N3O3. The van der Waals surface area contributed by atoms with Gasteiger partial charge in [0.15, 0.2) is 5.43 Å². The first-order valence-corrected chi connectivity index (χ1v) is 9.26. The fourth-order valence-electron chi connectivity index (χ4n) is 3.23. The van der Waals surface area contributed by atoms with E-state index in [9.17, 15) is 9.59 Å². The van der Waals surface area contributed by atoms with Crippen molar-refractivity contribution in [3.05, 3.63) is 94.8 Å². The molecule has 0 radical (unpaired) electrons. The van der Waals surface area contributed by atoms with Gasteiger partial charge in [-0.25, -0.2) is 4.98 Å². The quantitative estimate of drug-likeness (QED) is 0.521. The number of anilines is 2. The fraction of sp³-hybridized carbons (Fsp3) is 0.0870. The maximum absolute atomic E-state index is 12.9. The van der Waals surface area contributed by atoms with Gasteiger partial charge >= 0.3 is 5.97 Å². The lowest BCUT2D eigenvalue weighted by molar-refractivity contribution is -0.136. The Labute approximate surface area is 167 Å². The molecular weight excluding hydrogens is 366 g/mol. The van der Waals surface area contributed by atoms with Crippen molar-refractivity contribution in [2.75, 3.05) is 5.32 Å². The molecule has 0 aliphatic heterocycles. The lowest BCUT2D eigenvalue weighted by Crippen LogP contribution is -2.14. The molecule has 0 aliphatic rings. The number of aryl methyl sites for hydroxylation is 1. The van der Waals surface area contributed by atoms with E-state index >= 15 is 0 Å². The molecule has 2 aromatic heterocycles. The van der Waals surface area contributed by atoms with Gasteiger partial charge in [-0.15, -0.1) is 0 Å². The molecule has 0 aliphatic carbocycles. The van der Waals surface area contributed by atoms with Crippen LogP contribution in [0.25, 0.3) is 16.7 Å². The number of rotatable bonds is 6. The number of benzene rings is 2. The van der Waals surface area contributed by atoms with Crippen molar-refractivity contribution in [3.8, 4) is 5.69 Å². The van der Waals surface area contributed by atoms with Crippen molar-refractivity contribution in [1.29, 1.82) is 0 Å². The van der Waals surface area contributed by atoms with Crippen LogP contribution in [0, 0.1) is 0 Å². The van der Waals surface area contributed by atoms with Crippen LogP contribution in [0.15, 0.2) is 83.8 Å². The molecule has 0 fully saturated rings. The Hall–Kier alpha value is -3.93. The summed E-state index contributed by atoms with van der Waals surface area (Å²) in [6.45, 7) is 0. The molecule has 0 saturated carbocycles. The highest BCUT2D eigenvalue weighted by Gasteiger charge is 2.13. The van der Waals surface area contributed by atoms with Crippen LogP contribution in [0.5, 0.6) is 0 Å². The highest BCUT2D eigenvalue weighted by Crippen LogP contribution is 2.24. The van der Waals surface area contributed by atoms with E-state index in [0.717, 1.165) is 16.9 Å². The number of pyridine rings is 2. The maximum atomic E-state index is 12.9. The predicted octanol–water partition coefficient (Wildman–Crippen LogP) is 4.15. The molecule has 2 aromatic carbocycles. The van der Waals surface area contributed by atoms with Crippen LogP contribution >= 0.6 is 0 Å². The Balaban J connectivity index is 1.89. The minimum atomic E-state index is -0.880. The average Bonchev–Trinajstić information content (AvgIpc) is 2.74. The number of nitrogens with one attached hydrogen (secondary N) is 1. The Kier molecular flexibility index (Phi) is 5.07. The first-order chi connectivity index (χ1) is 14.1. The zero-order chi connectivity index (χ0) is 20.2. The summed E-state index contributed by atoms with van der Waals surface area (Å²) in [6, 6.07) is 22.6. The van der Waals surface area contributed by atoms with E-state index in [1.807, 2.05) is 65.2 Å². The van der Waals surface area contributed by atoms with Crippen molar-refractivity contribution in [2.24, 2.45) is 0 Å². The van der Waals surface area contributed by atoms with E-state index in [-0.39, 0.29) is 11.8 Å². The normalized spacial score (nSPS) is 10.8. The van der Waals surface area contributed by atoms with E-state index in [2.05, 4.69) is 10.3 Å². The first kappa shape index (κ1) is 18.4. The van der Waals surface area contributed by atoms with Crippen molar-refractivity contribution >= 4 is 28.5 Å². The molecule has 4 aromatic rings. The zero-order valence-corrected chi connectivity index (χ0v) is 15.6. The minimum Gasteiger partial charge on any atom is -0.481 e. The average molecular weight is 385 g/mol. The van der Waals surface area contributed by atoms with Crippen molar-refractivity contribution in [1.82, 2.24) is 9.55 Å². The summed E-state index contributed by atoms with van der Waals surface area (Å²) in [7, 11) is 0. The summed E-state index contributed by atoms with van der Waals surface area (Å²) in [4.78, 5) is 28.2. The molecule has 4 rings (SSSR count). The van der Waals surface area contributed by atoms with E-state index in [1.165, 1.54) is 0 Å². The van der Waals surface area contributed by atoms with Crippen molar-refractivity contribution in [3.63, 3.8) is 0 Å². The largest absolute Gasteiger partial charge is 0.481 e. The predicted molar refractivity (Wildman–Crippen MR) is 113 cm³/mol. The van der Waals surface area contributed by atoms with Crippen molar-refractivity contribution < 1.29 is 9.90 Å². The molecule has 0 saturated heterocycles. The maximum Gasteiger partial charge on any atom is 0.303 e.